The van der Waals surface area contributed by atoms with Crippen LogP contribution < -0.4 is 14.4 Å². The number of likely N-dealkylation sites (tertiary alicyclic amines) is 1. The van der Waals surface area contributed by atoms with E-state index in [1.807, 2.05) is 6.07 Å². The van der Waals surface area contributed by atoms with Gasteiger partial charge in [0.15, 0.2) is 18.0 Å². The van der Waals surface area contributed by atoms with Gasteiger partial charge in [-0.1, -0.05) is 30.3 Å². The molecule has 5 nitrogen and oxygen atoms in total. The fraction of sp³-hybridized carbons (Fsp3) is 0.458. The van der Waals surface area contributed by atoms with E-state index in [0.717, 1.165) is 56.8 Å². The molecule has 1 fully saturated rings. The number of carbonyl (C=O) groups excluding carboxylic acids is 1. The molecular formula is C24H29N2O3+. The van der Waals surface area contributed by atoms with Crippen LogP contribution in [-0.4, -0.2) is 43.7 Å². The molecule has 1 saturated heterocycles. The molecule has 3 heterocycles. The van der Waals surface area contributed by atoms with Gasteiger partial charge in [-0.3, -0.25) is 4.79 Å². The van der Waals surface area contributed by atoms with E-state index >= 15 is 0 Å². The molecule has 3 aliphatic rings. The van der Waals surface area contributed by atoms with E-state index in [0.29, 0.717) is 19.8 Å². The Kier molecular flexibility index (Phi) is 5.15. The highest BCUT2D eigenvalue weighted by Gasteiger charge is 2.33. The van der Waals surface area contributed by atoms with Crippen LogP contribution in [0.25, 0.3) is 0 Å². The summed E-state index contributed by atoms with van der Waals surface area (Å²) in [7, 11) is 0. The van der Waals surface area contributed by atoms with Crippen molar-refractivity contribution < 1.29 is 19.2 Å². The van der Waals surface area contributed by atoms with Crippen molar-refractivity contribution in [2.75, 3.05) is 32.8 Å². The van der Waals surface area contributed by atoms with Gasteiger partial charge < -0.3 is 19.3 Å². The van der Waals surface area contributed by atoms with Crippen LogP contribution in [0.15, 0.2) is 42.5 Å². The summed E-state index contributed by atoms with van der Waals surface area (Å²) in [5.41, 5.74) is 4.00. The van der Waals surface area contributed by atoms with Gasteiger partial charge in [0.2, 0.25) is 0 Å². The molecule has 0 saturated carbocycles. The molecule has 152 valence electrons. The second-order valence-corrected chi connectivity index (χ2v) is 8.37. The Morgan fingerprint density at radius 3 is 2.76 bits per heavy atom. The first kappa shape index (κ1) is 18.5. The van der Waals surface area contributed by atoms with Crippen LogP contribution >= 0.6 is 0 Å². The van der Waals surface area contributed by atoms with Crippen molar-refractivity contribution in [1.29, 1.82) is 0 Å². The maximum absolute atomic E-state index is 13.2. The van der Waals surface area contributed by atoms with Crippen LogP contribution in [0.2, 0.25) is 0 Å². The zero-order chi connectivity index (χ0) is 19.6. The Hall–Kier alpha value is -2.53. The van der Waals surface area contributed by atoms with Crippen molar-refractivity contribution in [2.45, 2.75) is 38.3 Å². The Bertz CT molecular complexity index is 897. The van der Waals surface area contributed by atoms with E-state index in [1.54, 1.807) is 0 Å². The minimum Gasteiger partial charge on any atom is -0.490 e. The minimum absolute atomic E-state index is 0.149. The Labute approximate surface area is 172 Å². The fourth-order valence-corrected chi connectivity index (χ4v) is 4.91. The first-order chi connectivity index (χ1) is 14.3. The molecule has 2 aromatic rings. The van der Waals surface area contributed by atoms with E-state index in [-0.39, 0.29) is 11.9 Å². The van der Waals surface area contributed by atoms with Crippen LogP contribution in [0.3, 0.4) is 0 Å². The van der Waals surface area contributed by atoms with Crippen LogP contribution in [-0.2, 0) is 17.8 Å². The van der Waals surface area contributed by atoms with E-state index in [9.17, 15) is 4.79 Å². The lowest BCUT2D eigenvalue weighted by Crippen LogP contribution is -3.12. The maximum atomic E-state index is 13.2. The number of fused-ring (bicyclic) bond motifs is 2. The summed E-state index contributed by atoms with van der Waals surface area (Å²) in [6.45, 7) is 4.79. The van der Waals surface area contributed by atoms with E-state index < -0.39 is 0 Å². The third-order valence-corrected chi connectivity index (χ3v) is 6.44. The molecule has 0 spiro atoms. The lowest BCUT2D eigenvalue weighted by molar-refractivity contribution is -0.908. The largest absolute Gasteiger partial charge is 0.490 e. The average Bonchev–Trinajstić information content (AvgIpc) is 3.12. The number of hydrogen-bond acceptors (Lipinski definition) is 3. The minimum atomic E-state index is 0.149. The molecule has 0 radical (unpaired) electrons. The van der Waals surface area contributed by atoms with Crippen molar-refractivity contribution in [2.24, 2.45) is 0 Å². The Morgan fingerprint density at radius 2 is 1.86 bits per heavy atom. The van der Waals surface area contributed by atoms with Gasteiger partial charge in [-0.15, -0.1) is 0 Å². The van der Waals surface area contributed by atoms with Crippen molar-refractivity contribution in [1.82, 2.24) is 4.90 Å². The molecule has 2 atom stereocenters. The quantitative estimate of drug-likeness (QED) is 0.869. The summed E-state index contributed by atoms with van der Waals surface area (Å²) in [5, 5.41) is 0. The van der Waals surface area contributed by atoms with Gasteiger partial charge in [0, 0.05) is 24.9 Å². The number of nitrogens with zero attached hydrogens (tertiary/aromatic N) is 1. The molecule has 0 bridgehead atoms. The van der Waals surface area contributed by atoms with Gasteiger partial charge in [0.05, 0.1) is 25.8 Å². The number of quaternary nitrogens is 1. The average molecular weight is 394 g/mol. The number of ether oxygens (including phenoxy) is 2. The van der Waals surface area contributed by atoms with Crippen LogP contribution in [0.5, 0.6) is 11.5 Å². The summed E-state index contributed by atoms with van der Waals surface area (Å²) in [6, 6.07) is 15.0. The van der Waals surface area contributed by atoms with Gasteiger partial charge in [-0.2, -0.15) is 0 Å². The molecule has 0 aromatic heterocycles. The van der Waals surface area contributed by atoms with Crippen molar-refractivity contribution >= 4 is 5.91 Å². The highest BCUT2D eigenvalue weighted by atomic mass is 16.5. The molecule has 1 N–H and O–H groups in total. The van der Waals surface area contributed by atoms with Gasteiger partial charge in [0.1, 0.15) is 6.54 Å². The smallest absolute Gasteiger partial charge is 0.278 e. The summed E-state index contributed by atoms with van der Waals surface area (Å²) in [5.74, 6) is 1.91. The fourth-order valence-electron chi connectivity index (χ4n) is 4.91. The zero-order valence-corrected chi connectivity index (χ0v) is 16.9. The number of benzene rings is 2. The standard InChI is InChI=1S/C24H28N2O3/c27-24(17-25-12-10-18-5-1-2-6-20(18)16-25)26-11-3-7-21(26)19-8-9-22-23(15-19)29-14-4-13-28-22/h1-2,5-6,8-9,15,21H,3-4,7,10-14,16-17H2/p+1/t21-/m0/s1. The Balaban J connectivity index is 1.28. The molecule has 29 heavy (non-hydrogen) atoms. The predicted molar refractivity (Wildman–Crippen MR) is 110 cm³/mol. The molecule has 3 aliphatic heterocycles. The summed E-state index contributed by atoms with van der Waals surface area (Å²) in [6.07, 6.45) is 4.04. The highest BCUT2D eigenvalue weighted by molar-refractivity contribution is 5.78. The zero-order valence-electron chi connectivity index (χ0n) is 16.9. The van der Waals surface area contributed by atoms with Crippen LogP contribution in [0, 0.1) is 0 Å². The van der Waals surface area contributed by atoms with Gasteiger partial charge in [-0.25, -0.2) is 0 Å². The maximum Gasteiger partial charge on any atom is 0.278 e. The van der Waals surface area contributed by atoms with Crippen molar-refractivity contribution in [3.8, 4) is 11.5 Å². The summed E-state index contributed by atoms with van der Waals surface area (Å²) < 4.78 is 11.6. The third kappa shape index (κ3) is 3.84. The molecular weight excluding hydrogens is 364 g/mol. The lowest BCUT2D eigenvalue weighted by Gasteiger charge is -2.30. The van der Waals surface area contributed by atoms with Crippen LogP contribution in [0.1, 0.15) is 42.0 Å². The number of carbonyl (C=O) groups is 1. The van der Waals surface area contributed by atoms with E-state index in [4.69, 9.17) is 9.47 Å². The summed E-state index contributed by atoms with van der Waals surface area (Å²) >= 11 is 0. The molecule has 2 aromatic carbocycles. The SMILES string of the molecule is O=C(C[NH+]1CCc2ccccc2C1)N1CCC[C@H]1c1ccc2c(c1)OCCCO2. The molecule has 0 aliphatic carbocycles. The van der Waals surface area contributed by atoms with E-state index in [1.165, 1.54) is 21.6 Å². The predicted octanol–water partition coefficient (Wildman–Crippen LogP) is 2.15. The monoisotopic (exact) mass is 393 g/mol. The van der Waals surface area contributed by atoms with Gasteiger partial charge >= 0.3 is 0 Å². The second-order valence-electron chi connectivity index (χ2n) is 8.37. The van der Waals surface area contributed by atoms with E-state index in [2.05, 4.69) is 41.3 Å². The number of amides is 1. The summed E-state index contributed by atoms with van der Waals surface area (Å²) in [4.78, 5) is 16.7. The first-order valence-corrected chi connectivity index (χ1v) is 10.9. The van der Waals surface area contributed by atoms with Gasteiger partial charge in [0.25, 0.3) is 5.91 Å². The second kappa shape index (κ2) is 8.07. The molecule has 5 rings (SSSR count). The normalized spacial score (nSPS) is 23.4. The third-order valence-electron chi connectivity index (χ3n) is 6.44. The number of rotatable bonds is 3. The first-order valence-electron chi connectivity index (χ1n) is 10.9. The van der Waals surface area contributed by atoms with Crippen LogP contribution in [0.4, 0.5) is 0 Å². The van der Waals surface area contributed by atoms with Crippen molar-refractivity contribution in [3.05, 3.63) is 59.2 Å². The number of hydrogen-bond donors (Lipinski definition) is 1. The Morgan fingerprint density at radius 1 is 1.03 bits per heavy atom. The topological polar surface area (TPSA) is 43.2 Å². The lowest BCUT2D eigenvalue weighted by atomic mass is 10.00. The molecule has 5 heteroatoms. The van der Waals surface area contributed by atoms with Crippen molar-refractivity contribution in [3.63, 3.8) is 0 Å². The molecule has 1 unspecified atom stereocenters. The molecule has 1 amide bonds. The number of nitrogens with one attached hydrogen (secondary N) is 1. The highest BCUT2D eigenvalue weighted by Crippen LogP contribution is 2.37. The van der Waals surface area contributed by atoms with Gasteiger partial charge in [-0.05, 0) is 36.1 Å².